The van der Waals surface area contributed by atoms with Crippen molar-refractivity contribution in [3.8, 4) is 0 Å². The van der Waals surface area contributed by atoms with Crippen LogP contribution in [-0.2, 0) is 36.2 Å². The van der Waals surface area contributed by atoms with Gasteiger partial charge in [-0.3, -0.25) is 14.4 Å². The van der Waals surface area contributed by atoms with E-state index in [-0.39, 0.29) is 25.4 Å². The van der Waals surface area contributed by atoms with Gasteiger partial charge in [-0.25, -0.2) is 4.79 Å². The van der Waals surface area contributed by atoms with Crippen molar-refractivity contribution in [2.45, 2.75) is 18.4 Å². The van der Waals surface area contributed by atoms with Gasteiger partial charge in [-0.1, -0.05) is 60.7 Å². The van der Waals surface area contributed by atoms with Crippen LogP contribution in [0.1, 0.15) is 11.1 Å². The van der Waals surface area contributed by atoms with Crippen LogP contribution in [0.2, 0.25) is 0 Å². The molecule has 2 aromatic carbocycles. The van der Waals surface area contributed by atoms with Crippen molar-refractivity contribution in [3.05, 3.63) is 71.8 Å². The van der Waals surface area contributed by atoms with Crippen molar-refractivity contribution >= 4 is 35.6 Å². The number of methoxy groups -OCH3 is 1. The molecule has 2 rings (SSSR count). The van der Waals surface area contributed by atoms with Crippen molar-refractivity contribution < 1.29 is 28.7 Å². The minimum Gasteiger partial charge on any atom is -0.468 e. The van der Waals surface area contributed by atoms with Crippen LogP contribution in [0, 0.1) is 0 Å². The molecule has 0 aliphatic carbocycles. The predicted octanol–water partition coefficient (Wildman–Crippen LogP) is 1.62. The molecule has 1 atom stereocenters. The van der Waals surface area contributed by atoms with Gasteiger partial charge in [-0.05, 0) is 11.1 Å². The molecule has 0 saturated carbocycles. The highest BCUT2D eigenvalue weighted by atomic mass is 32.2. The first-order valence-electron chi connectivity index (χ1n) is 10.2. The number of nitrogens with one attached hydrogen (secondary N) is 3. The number of esters is 1. The van der Waals surface area contributed by atoms with Crippen LogP contribution < -0.4 is 16.0 Å². The average Bonchev–Trinajstić information content (AvgIpc) is 2.85. The minimum atomic E-state index is -0.921. The first-order chi connectivity index (χ1) is 16.0. The fourth-order valence-electron chi connectivity index (χ4n) is 2.55. The van der Waals surface area contributed by atoms with Gasteiger partial charge in [0.05, 0.1) is 13.7 Å². The first kappa shape index (κ1) is 25.7. The van der Waals surface area contributed by atoms with E-state index < -0.39 is 29.9 Å². The van der Waals surface area contributed by atoms with E-state index in [0.29, 0.717) is 5.75 Å². The molecule has 0 unspecified atom stereocenters. The molecule has 176 valence electrons. The molecule has 0 bridgehead atoms. The van der Waals surface area contributed by atoms with Crippen LogP contribution in [0.3, 0.4) is 0 Å². The number of alkyl carbamates (subject to hydrolysis) is 1. The van der Waals surface area contributed by atoms with Gasteiger partial charge < -0.3 is 25.4 Å². The normalized spacial score (nSPS) is 11.1. The molecule has 0 aliphatic rings. The van der Waals surface area contributed by atoms with Gasteiger partial charge in [0.15, 0.2) is 0 Å². The highest BCUT2D eigenvalue weighted by Crippen LogP contribution is 2.13. The van der Waals surface area contributed by atoms with Crippen molar-refractivity contribution in [1.29, 1.82) is 0 Å². The van der Waals surface area contributed by atoms with Crippen LogP contribution >= 0.6 is 11.8 Å². The zero-order chi connectivity index (χ0) is 23.9. The molecule has 3 N–H and O–H groups in total. The first-order valence-corrected chi connectivity index (χ1v) is 11.3. The molecular weight excluding hydrogens is 446 g/mol. The summed E-state index contributed by atoms with van der Waals surface area (Å²) in [6.07, 6.45) is -0.741. The van der Waals surface area contributed by atoms with Crippen LogP contribution in [0.15, 0.2) is 60.7 Å². The lowest BCUT2D eigenvalue weighted by Gasteiger charge is -2.18. The Balaban J connectivity index is 1.87. The van der Waals surface area contributed by atoms with Crippen LogP contribution in [0.5, 0.6) is 0 Å². The summed E-state index contributed by atoms with van der Waals surface area (Å²) < 4.78 is 9.64. The molecule has 0 spiro atoms. The topological polar surface area (TPSA) is 123 Å². The molecule has 10 heteroatoms. The van der Waals surface area contributed by atoms with Crippen molar-refractivity contribution in [1.82, 2.24) is 16.0 Å². The number of ether oxygens (including phenoxy) is 2. The number of hydrogen-bond acceptors (Lipinski definition) is 7. The van der Waals surface area contributed by atoms with Crippen LogP contribution in [0.25, 0.3) is 0 Å². The Kier molecular flexibility index (Phi) is 11.3. The molecule has 0 aromatic heterocycles. The zero-order valence-electron chi connectivity index (χ0n) is 18.2. The number of rotatable bonds is 12. The monoisotopic (exact) mass is 473 g/mol. The van der Waals surface area contributed by atoms with Gasteiger partial charge in [0, 0.05) is 11.5 Å². The Labute approximate surface area is 196 Å². The Hall–Kier alpha value is -3.53. The van der Waals surface area contributed by atoms with E-state index in [1.165, 1.54) is 18.9 Å². The summed E-state index contributed by atoms with van der Waals surface area (Å²) in [7, 11) is 1.20. The fourth-order valence-corrected chi connectivity index (χ4v) is 3.57. The number of carbonyl (C=O) groups is 4. The summed E-state index contributed by atoms with van der Waals surface area (Å²) in [6, 6.07) is 17.9. The maximum Gasteiger partial charge on any atom is 0.408 e. The van der Waals surface area contributed by atoms with Crippen LogP contribution in [0.4, 0.5) is 4.79 Å². The summed E-state index contributed by atoms with van der Waals surface area (Å²) in [5, 5.41) is 7.35. The molecule has 2 aromatic rings. The molecule has 0 fully saturated rings. The van der Waals surface area contributed by atoms with E-state index in [0.717, 1.165) is 11.1 Å². The third-order valence-electron chi connectivity index (χ3n) is 4.30. The quantitative estimate of drug-likeness (QED) is 0.400. The largest absolute Gasteiger partial charge is 0.468 e. The number of thioether (sulfide) groups is 1. The average molecular weight is 474 g/mol. The molecule has 33 heavy (non-hydrogen) atoms. The molecule has 0 radical (unpaired) electrons. The SMILES string of the molecule is COC(=O)CNC(=O)CNC(=O)[C@H](CSCc1ccccc1)NC(=O)OCc1ccccc1. The van der Waals surface area contributed by atoms with E-state index in [4.69, 9.17) is 4.74 Å². The highest BCUT2D eigenvalue weighted by Gasteiger charge is 2.22. The zero-order valence-corrected chi connectivity index (χ0v) is 19.1. The summed E-state index contributed by atoms with van der Waals surface area (Å²) in [5.74, 6) is -0.792. The summed E-state index contributed by atoms with van der Waals surface area (Å²) >= 11 is 1.46. The second kappa shape index (κ2) is 14.5. The standard InChI is InChI=1S/C23H27N3O6S/c1-31-21(28)13-24-20(27)12-25-22(29)19(16-33-15-18-10-6-3-7-11-18)26-23(30)32-14-17-8-4-2-5-9-17/h2-11,19H,12-16H2,1H3,(H,24,27)(H,25,29)(H,26,30)/t19-/m0/s1. The Morgan fingerprint density at radius 1 is 0.879 bits per heavy atom. The molecule has 0 saturated heterocycles. The maximum absolute atomic E-state index is 12.6. The molecule has 0 heterocycles. The van der Waals surface area contributed by atoms with E-state index in [2.05, 4.69) is 20.7 Å². The Morgan fingerprint density at radius 3 is 2.15 bits per heavy atom. The van der Waals surface area contributed by atoms with Gasteiger partial charge in [-0.2, -0.15) is 11.8 Å². The summed E-state index contributed by atoms with van der Waals surface area (Å²) in [6.45, 7) is -0.587. The summed E-state index contributed by atoms with van der Waals surface area (Å²) in [4.78, 5) is 47.8. The molecular formula is C23H27N3O6S. The van der Waals surface area contributed by atoms with Crippen molar-refractivity contribution in [2.24, 2.45) is 0 Å². The second-order valence-corrected chi connectivity index (χ2v) is 7.86. The van der Waals surface area contributed by atoms with Gasteiger partial charge >= 0.3 is 12.1 Å². The lowest BCUT2D eigenvalue weighted by molar-refractivity contribution is -0.141. The molecule has 3 amide bonds. The second-order valence-electron chi connectivity index (χ2n) is 6.83. The van der Waals surface area contributed by atoms with Gasteiger partial charge in [0.2, 0.25) is 11.8 Å². The third-order valence-corrected chi connectivity index (χ3v) is 5.40. The van der Waals surface area contributed by atoms with Gasteiger partial charge in [0.1, 0.15) is 19.2 Å². The Morgan fingerprint density at radius 2 is 1.52 bits per heavy atom. The molecule has 9 nitrogen and oxygen atoms in total. The van der Waals surface area contributed by atoms with Crippen LogP contribution in [-0.4, -0.2) is 55.9 Å². The lowest BCUT2D eigenvalue weighted by atomic mass is 10.2. The number of carbonyl (C=O) groups excluding carboxylic acids is 4. The number of amides is 3. The third kappa shape index (κ3) is 10.6. The fraction of sp³-hybridized carbons (Fsp3) is 0.304. The van der Waals surface area contributed by atoms with Crippen molar-refractivity contribution in [2.75, 3.05) is 26.0 Å². The van der Waals surface area contributed by atoms with Gasteiger partial charge in [-0.15, -0.1) is 0 Å². The Bertz CT molecular complexity index is 911. The molecule has 0 aliphatic heterocycles. The minimum absolute atomic E-state index is 0.0636. The predicted molar refractivity (Wildman–Crippen MR) is 124 cm³/mol. The maximum atomic E-state index is 12.6. The van der Waals surface area contributed by atoms with E-state index in [9.17, 15) is 19.2 Å². The lowest BCUT2D eigenvalue weighted by Crippen LogP contribution is -2.50. The van der Waals surface area contributed by atoms with Crippen molar-refractivity contribution in [3.63, 3.8) is 0 Å². The number of hydrogen-bond donors (Lipinski definition) is 3. The smallest absolute Gasteiger partial charge is 0.408 e. The van der Waals surface area contributed by atoms with E-state index >= 15 is 0 Å². The highest BCUT2D eigenvalue weighted by molar-refractivity contribution is 7.98. The number of benzene rings is 2. The summed E-state index contributed by atoms with van der Waals surface area (Å²) in [5.41, 5.74) is 1.89. The van der Waals surface area contributed by atoms with Gasteiger partial charge in [0.25, 0.3) is 0 Å². The van der Waals surface area contributed by atoms with E-state index in [1.54, 1.807) is 0 Å². The van der Waals surface area contributed by atoms with E-state index in [1.807, 2.05) is 60.7 Å².